The molecule has 1 fully saturated rings. The number of ether oxygens (including phenoxy) is 1. The van der Waals surface area contributed by atoms with Gasteiger partial charge in [-0.05, 0) is 18.4 Å². The third kappa shape index (κ3) is 3.58. The second-order valence-corrected chi connectivity index (χ2v) is 5.57. The Labute approximate surface area is 120 Å². The second kappa shape index (κ2) is 6.86. The summed E-state index contributed by atoms with van der Waals surface area (Å²) in [5.41, 5.74) is 6.76. The number of nitrogens with zero attached hydrogens (tertiary/aromatic N) is 1. The summed E-state index contributed by atoms with van der Waals surface area (Å²) in [6.45, 7) is 1.72. The van der Waals surface area contributed by atoms with E-state index in [1.54, 1.807) is 7.11 Å². The van der Waals surface area contributed by atoms with Crippen LogP contribution in [0.2, 0.25) is 0 Å². The summed E-state index contributed by atoms with van der Waals surface area (Å²) in [5, 5.41) is 0. The van der Waals surface area contributed by atoms with Crippen LogP contribution >= 0.6 is 0 Å². The van der Waals surface area contributed by atoms with Crippen molar-refractivity contribution >= 4 is 5.91 Å². The van der Waals surface area contributed by atoms with E-state index in [0.29, 0.717) is 19.7 Å². The average Bonchev–Trinajstić information content (AvgIpc) is 2.92. The number of carbonyl (C=O) groups is 1. The van der Waals surface area contributed by atoms with Gasteiger partial charge in [0.1, 0.15) is 0 Å². The molecule has 0 atom stereocenters. The monoisotopic (exact) mass is 276 g/mol. The lowest BCUT2D eigenvalue weighted by atomic mass is 9.97. The average molecular weight is 276 g/mol. The second-order valence-electron chi connectivity index (χ2n) is 5.57. The van der Waals surface area contributed by atoms with Gasteiger partial charge >= 0.3 is 0 Å². The zero-order valence-corrected chi connectivity index (χ0v) is 12.2. The molecule has 4 heteroatoms. The Morgan fingerprint density at radius 2 is 1.95 bits per heavy atom. The molecule has 0 aliphatic heterocycles. The van der Waals surface area contributed by atoms with E-state index >= 15 is 0 Å². The van der Waals surface area contributed by atoms with Crippen LogP contribution in [0.25, 0.3) is 0 Å². The molecule has 1 aromatic carbocycles. The van der Waals surface area contributed by atoms with Crippen molar-refractivity contribution in [3.8, 4) is 0 Å². The Balaban J connectivity index is 2.08. The molecule has 110 valence electrons. The van der Waals surface area contributed by atoms with Gasteiger partial charge in [0.25, 0.3) is 0 Å². The Morgan fingerprint density at radius 1 is 1.30 bits per heavy atom. The van der Waals surface area contributed by atoms with Gasteiger partial charge in [-0.2, -0.15) is 0 Å². The molecule has 0 aromatic heterocycles. The van der Waals surface area contributed by atoms with Crippen LogP contribution in [0.1, 0.15) is 31.2 Å². The summed E-state index contributed by atoms with van der Waals surface area (Å²) in [6.07, 6.45) is 3.69. The van der Waals surface area contributed by atoms with Crippen LogP contribution in [-0.4, -0.2) is 36.6 Å². The highest BCUT2D eigenvalue weighted by Gasteiger charge is 2.39. The predicted octanol–water partition coefficient (Wildman–Crippen LogP) is 1.93. The topological polar surface area (TPSA) is 55.6 Å². The molecule has 1 aliphatic rings. The molecule has 0 heterocycles. The number of nitrogens with two attached hydrogens (primary N) is 1. The summed E-state index contributed by atoms with van der Waals surface area (Å²) in [7, 11) is 1.65. The first-order valence-corrected chi connectivity index (χ1v) is 7.27. The van der Waals surface area contributed by atoms with Gasteiger partial charge in [-0.15, -0.1) is 0 Å². The molecule has 2 rings (SSSR count). The molecule has 20 heavy (non-hydrogen) atoms. The SMILES string of the molecule is COCCN(Cc1ccccc1)C(=O)C1(N)CCCC1. The first-order chi connectivity index (χ1) is 9.65. The number of rotatable bonds is 6. The fraction of sp³-hybridized carbons (Fsp3) is 0.562. The van der Waals surface area contributed by atoms with E-state index in [-0.39, 0.29) is 5.91 Å². The zero-order valence-electron chi connectivity index (χ0n) is 12.2. The fourth-order valence-electron chi connectivity index (χ4n) is 2.79. The molecular weight excluding hydrogens is 252 g/mol. The van der Waals surface area contributed by atoms with Gasteiger partial charge in [-0.1, -0.05) is 43.2 Å². The number of carbonyl (C=O) groups excluding carboxylic acids is 1. The molecule has 1 amide bonds. The van der Waals surface area contributed by atoms with Crippen molar-refractivity contribution < 1.29 is 9.53 Å². The van der Waals surface area contributed by atoms with Crippen LogP contribution in [0.15, 0.2) is 30.3 Å². The van der Waals surface area contributed by atoms with Crippen LogP contribution in [0.4, 0.5) is 0 Å². The number of hydrogen-bond donors (Lipinski definition) is 1. The number of hydrogen-bond acceptors (Lipinski definition) is 3. The maximum absolute atomic E-state index is 12.7. The summed E-state index contributed by atoms with van der Waals surface area (Å²) in [6, 6.07) is 10.0. The Bertz CT molecular complexity index is 427. The van der Waals surface area contributed by atoms with Crippen LogP contribution in [-0.2, 0) is 16.1 Å². The van der Waals surface area contributed by atoms with E-state index in [1.165, 1.54) is 0 Å². The molecule has 4 nitrogen and oxygen atoms in total. The zero-order chi connectivity index (χ0) is 14.4. The van der Waals surface area contributed by atoms with Gasteiger partial charge in [0.15, 0.2) is 0 Å². The Morgan fingerprint density at radius 3 is 2.55 bits per heavy atom. The van der Waals surface area contributed by atoms with Crippen molar-refractivity contribution in [2.45, 2.75) is 37.8 Å². The molecule has 0 saturated heterocycles. The van der Waals surface area contributed by atoms with Gasteiger partial charge in [-0.3, -0.25) is 4.79 Å². The highest BCUT2D eigenvalue weighted by atomic mass is 16.5. The maximum Gasteiger partial charge on any atom is 0.243 e. The third-order valence-corrected chi connectivity index (χ3v) is 3.99. The summed E-state index contributed by atoms with van der Waals surface area (Å²) < 4.78 is 5.12. The fourth-order valence-corrected chi connectivity index (χ4v) is 2.79. The van der Waals surface area contributed by atoms with Gasteiger partial charge < -0.3 is 15.4 Å². The van der Waals surface area contributed by atoms with E-state index in [4.69, 9.17) is 10.5 Å². The number of amides is 1. The van der Waals surface area contributed by atoms with Gasteiger partial charge in [0.05, 0.1) is 12.1 Å². The van der Waals surface area contributed by atoms with Crippen molar-refractivity contribution in [3.63, 3.8) is 0 Å². The minimum atomic E-state index is -0.664. The predicted molar refractivity (Wildman–Crippen MR) is 79.1 cm³/mol. The van der Waals surface area contributed by atoms with Crippen molar-refractivity contribution in [1.82, 2.24) is 4.90 Å². The van der Waals surface area contributed by atoms with Crippen molar-refractivity contribution in [1.29, 1.82) is 0 Å². The maximum atomic E-state index is 12.7. The lowest BCUT2D eigenvalue weighted by Gasteiger charge is -2.31. The highest BCUT2D eigenvalue weighted by molar-refractivity contribution is 5.86. The summed E-state index contributed by atoms with van der Waals surface area (Å²) >= 11 is 0. The lowest BCUT2D eigenvalue weighted by Crippen LogP contribution is -2.53. The molecule has 1 aromatic rings. The first kappa shape index (κ1) is 15.0. The normalized spacial score (nSPS) is 17.1. The molecule has 1 saturated carbocycles. The molecular formula is C16H24N2O2. The quantitative estimate of drug-likeness (QED) is 0.864. The van der Waals surface area contributed by atoms with Gasteiger partial charge in [0, 0.05) is 20.2 Å². The summed E-state index contributed by atoms with van der Waals surface area (Å²) in [5.74, 6) is 0.0657. The lowest BCUT2D eigenvalue weighted by molar-refractivity contribution is -0.138. The van der Waals surface area contributed by atoms with E-state index in [0.717, 1.165) is 31.2 Å². The van der Waals surface area contributed by atoms with Crippen molar-refractivity contribution in [2.75, 3.05) is 20.3 Å². The standard InChI is InChI=1S/C16H24N2O2/c1-20-12-11-18(13-14-7-3-2-4-8-14)15(19)16(17)9-5-6-10-16/h2-4,7-8H,5-6,9-13,17H2,1H3. The number of methoxy groups -OCH3 is 1. The van der Waals surface area contributed by atoms with Crippen LogP contribution in [0.3, 0.4) is 0 Å². The minimum Gasteiger partial charge on any atom is -0.383 e. The Hall–Kier alpha value is -1.39. The van der Waals surface area contributed by atoms with E-state index in [2.05, 4.69) is 0 Å². The Kier molecular flexibility index (Phi) is 5.15. The van der Waals surface area contributed by atoms with E-state index < -0.39 is 5.54 Å². The molecule has 1 aliphatic carbocycles. The summed E-state index contributed by atoms with van der Waals surface area (Å²) in [4.78, 5) is 14.6. The van der Waals surface area contributed by atoms with E-state index in [1.807, 2.05) is 35.2 Å². The first-order valence-electron chi connectivity index (χ1n) is 7.27. The van der Waals surface area contributed by atoms with Crippen molar-refractivity contribution in [2.24, 2.45) is 5.73 Å². The van der Waals surface area contributed by atoms with Gasteiger partial charge in [-0.25, -0.2) is 0 Å². The number of benzene rings is 1. The van der Waals surface area contributed by atoms with Crippen molar-refractivity contribution in [3.05, 3.63) is 35.9 Å². The molecule has 0 radical (unpaired) electrons. The largest absolute Gasteiger partial charge is 0.383 e. The molecule has 2 N–H and O–H groups in total. The minimum absolute atomic E-state index is 0.0657. The van der Waals surface area contributed by atoms with E-state index in [9.17, 15) is 4.79 Å². The van der Waals surface area contributed by atoms with Crippen LogP contribution in [0.5, 0.6) is 0 Å². The molecule has 0 spiro atoms. The molecule has 0 unspecified atom stereocenters. The molecule has 0 bridgehead atoms. The van der Waals surface area contributed by atoms with Gasteiger partial charge in [0.2, 0.25) is 5.91 Å². The third-order valence-electron chi connectivity index (χ3n) is 3.99. The smallest absolute Gasteiger partial charge is 0.243 e. The van der Waals surface area contributed by atoms with Crippen LogP contribution < -0.4 is 5.73 Å². The van der Waals surface area contributed by atoms with Crippen LogP contribution in [0, 0.1) is 0 Å². The highest BCUT2D eigenvalue weighted by Crippen LogP contribution is 2.29.